The minimum atomic E-state index is -0.792. The van der Waals surface area contributed by atoms with Crippen molar-refractivity contribution in [1.29, 1.82) is 0 Å². The van der Waals surface area contributed by atoms with Crippen molar-refractivity contribution in [2.45, 2.75) is 52.4 Å². The molecule has 0 spiro atoms. The Morgan fingerprint density at radius 1 is 1.31 bits per heavy atom. The number of aliphatic hydroxyl groups is 1. The lowest BCUT2D eigenvalue weighted by atomic mass is 9.47. The smallest absolute Gasteiger partial charge is 0.332 e. The molecule has 6 atom stereocenters. The molecule has 5 nitrogen and oxygen atoms in total. The van der Waals surface area contributed by atoms with E-state index >= 15 is 0 Å². The van der Waals surface area contributed by atoms with E-state index < -0.39 is 12.6 Å². The maximum Gasteiger partial charge on any atom is 0.332 e. The van der Waals surface area contributed by atoms with Gasteiger partial charge in [-0.15, -0.1) is 0 Å². The van der Waals surface area contributed by atoms with Gasteiger partial charge in [0.05, 0.1) is 0 Å². The van der Waals surface area contributed by atoms with Crippen molar-refractivity contribution < 1.29 is 24.2 Å². The number of esters is 1. The van der Waals surface area contributed by atoms with Crippen LogP contribution < -0.4 is 0 Å². The molecule has 0 aliphatic heterocycles. The zero-order chi connectivity index (χ0) is 21.0. The third kappa shape index (κ3) is 3.21. The van der Waals surface area contributed by atoms with Gasteiger partial charge in [0, 0.05) is 28.7 Å². The zero-order valence-corrected chi connectivity index (χ0v) is 17.8. The summed E-state index contributed by atoms with van der Waals surface area (Å²) in [5.74, 6) is -0.388. The maximum atomic E-state index is 13.5. The molecule has 0 radical (unpaired) electrons. The van der Waals surface area contributed by atoms with Crippen LogP contribution in [0.3, 0.4) is 0 Å². The molecule has 158 valence electrons. The lowest BCUT2D eigenvalue weighted by Gasteiger charge is -2.55. The van der Waals surface area contributed by atoms with Gasteiger partial charge in [0.15, 0.2) is 5.78 Å². The number of Topliss-reactive ketones (excluding diaryl/α,β-unsaturated/α-hetero) is 2. The van der Waals surface area contributed by atoms with E-state index in [1.54, 1.807) is 0 Å². The Morgan fingerprint density at radius 2 is 2.07 bits per heavy atom. The molecule has 4 aliphatic carbocycles. The number of ether oxygens (including phenoxy) is 1. The molecule has 6 heteroatoms. The number of halogens is 1. The van der Waals surface area contributed by atoms with E-state index in [0.29, 0.717) is 12.3 Å². The van der Waals surface area contributed by atoms with Crippen molar-refractivity contribution in [3.63, 3.8) is 0 Å². The summed E-state index contributed by atoms with van der Waals surface area (Å²) >= 11 is 6.28. The van der Waals surface area contributed by atoms with Crippen LogP contribution >= 0.6 is 11.6 Å². The Kier molecular flexibility index (Phi) is 5.27. The first-order chi connectivity index (χ1) is 13.7. The summed E-state index contributed by atoms with van der Waals surface area (Å²) in [5.41, 5.74) is 0.650. The number of hydrogen-bond acceptors (Lipinski definition) is 5. The normalized spacial score (nSPS) is 40.9. The average Bonchev–Trinajstić information content (AvgIpc) is 3.02. The highest BCUT2D eigenvalue weighted by molar-refractivity contribution is 6.29. The van der Waals surface area contributed by atoms with Crippen molar-refractivity contribution in [2.24, 2.45) is 34.5 Å². The molecule has 0 amide bonds. The summed E-state index contributed by atoms with van der Waals surface area (Å²) in [6, 6.07) is 0. The lowest BCUT2D eigenvalue weighted by Crippen LogP contribution is -2.54. The van der Waals surface area contributed by atoms with Crippen LogP contribution in [0.5, 0.6) is 0 Å². The van der Waals surface area contributed by atoms with Gasteiger partial charge < -0.3 is 9.84 Å². The fraction of sp³-hybridized carbons (Fsp3) is 0.696. The van der Waals surface area contributed by atoms with Gasteiger partial charge in [-0.05, 0) is 61.0 Å². The largest absolute Gasteiger partial charge is 0.456 e. The molecule has 0 bridgehead atoms. The summed E-state index contributed by atoms with van der Waals surface area (Å²) in [6.07, 6.45) is 8.93. The van der Waals surface area contributed by atoms with Crippen molar-refractivity contribution in [1.82, 2.24) is 0 Å². The highest BCUT2D eigenvalue weighted by atomic mass is 35.5. The van der Waals surface area contributed by atoms with Crippen LogP contribution in [0, 0.1) is 34.5 Å². The van der Waals surface area contributed by atoms with Crippen molar-refractivity contribution >= 4 is 29.1 Å². The van der Waals surface area contributed by atoms with Gasteiger partial charge in [0.1, 0.15) is 19.0 Å². The number of rotatable bonds is 4. The molecule has 4 aliphatic rings. The highest BCUT2D eigenvalue weighted by Crippen LogP contribution is 2.65. The Morgan fingerprint density at radius 3 is 2.79 bits per heavy atom. The standard InChI is InChI=1S/C23H29ClO5/c1-22-8-7-14(24)9-13(22)3-4-15-16-5-6-17(19(27)12-29-20(28)11-25)23(16,2)10-18(26)21(15)22/h3,9,15-17,21,25H,4-8,10-12H2,1-2H3/t15-,16-,17+,21+,22-,23-/m0/s1. The quantitative estimate of drug-likeness (QED) is 0.703. The highest BCUT2D eigenvalue weighted by Gasteiger charge is 2.62. The summed E-state index contributed by atoms with van der Waals surface area (Å²) in [4.78, 5) is 37.5. The van der Waals surface area contributed by atoms with E-state index in [0.717, 1.165) is 37.1 Å². The molecule has 29 heavy (non-hydrogen) atoms. The predicted molar refractivity (Wildman–Crippen MR) is 108 cm³/mol. The van der Waals surface area contributed by atoms with E-state index in [1.165, 1.54) is 5.57 Å². The maximum absolute atomic E-state index is 13.5. The SMILES string of the molecule is C[C@]12CC(=O)[C@H]3[C@@H](CC=C4C=C(Cl)CC[C@@]43C)[C@@H]1CC[C@@H]2C(=O)COC(=O)CO. The Bertz CT molecular complexity index is 814. The molecule has 2 fully saturated rings. The Balaban J connectivity index is 1.60. The van der Waals surface area contributed by atoms with Crippen LogP contribution in [0.2, 0.25) is 0 Å². The first kappa shape index (κ1) is 20.8. The molecule has 0 saturated heterocycles. The Labute approximate surface area is 176 Å². The van der Waals surface area contributed by atoms with E-state index in [-0.39, 0.29) is 46.8 Å². The second-order valence-electron chi connectivity index (χ2n) is 9.72. The fourth-order valence-corrected chi connectivity index (χ4v) is 7.16. The first-order valence-corrected chi connectivity index (χ1v) is 11.0. The van der Waals surface area contributed by atoms with Gasteiger partial charge in [0.2, 0.25) is 0 Å². The first-order valence-electron chi connectivity index (χ1n) is 10.6. The van der Waals surface area contributed by atoms with E-state index in [2.05, 4.69) is 26.0 Å². The summed E-state index contributed by atoms with van der Waals surface area (Å²) in [5, 5.41) is 9.67. The molecule has 0 heterocycles. The van der Waals surface area contributed by atoms with Gasteiger partial charge in [-0.1, -0.05) is 31.5 Å². The van der Waals surface area contributed by atoms with Gasteiger partial charge in [-0.25, -0.2) is 4.79 Å². The van der Waals surface area contributed by atoms with E-state index in [1.807, 2.05) is 0 Å². The third-order valence-electron chi connectivity index (χ3n) is 8.30. The van der Waals surface area contributed by atoms with E-state index in [9.17, 15) is 14.4 Å². The van der Waals surface area contributed by atoms with Gasteiger partial charge in [0.25, 0.3) is 0 Å². The number of carbonyl (C=O) groups is 3. The molecule has 2 saturated carbocycles. The molecule has 0 aromatic heterocycles. The molecule has 4 rings (SSSR count). The molecule has 1 N–H and O–H groups in total. The Hall–Kier alpha value is -1.46. The fourth-order valence-electron chi connectivity index (χ4n) is 6.95. The second kappa shape index (κ2) is 7.35. The van der Waals surface area contributed by atoms with Crippen molar-refractivity contribution in [3.8, 4) is 0 Å². The summed E-state index contributed by atoms with van der Waals surface area (Å²) in [7, 11) is 0. The van der Waals surface area contributed by atoms with Crippen molar-refractivity contribution in [3.05, 3.63) is 22.8 Å². The summed E-state index contributed by atoms with van der Waals surface area (Å²) in [6.45, 7) is 3.24. The number of allylic oxidation sites excluding steroid dienone is 4. The van der Waals surface area contributed by atoms with Crippen molar-refractivity contribution in [2.75, 3.05) is 13.2 Å². The summed E-state index contributed by atoms with van der Waals surface area (Å²) < 4.78 is 4.87. The molecule has 0 aromatic carbocycles. The van der Waals surface area contributed by atoms with Crippen LogP contribution in [0.15, 0.2) is 22.8 Å². The number of fused-ring (bicyclic) bond motifs is 5. The monoisotopic (exact) mass is 420 g/mol. The number of ketones is 2. The van der Waals surface area contributed by atoms with Gasteiger partial charge >= 0.3 is 5.97 Å². The van der Waals surface area contributed by atoms with E-state index in [4.69, 9.17) is 21.4 Å². The van der Waals surface area contributed by atoms with Crippen LogP contribution in [-0.2, 0) is 19.1 Å². The lowest BCUT2D eigenvalue weighted by molar-refractivity contribution is -0.155. The van der Waals surface area contributed by atoms with Crippen LogP contribution in [-0.4, -0.2) is 35.9 Å². The van der Waals surface area contributed by atoms with Gasteiger partial charge in [-0.3, -0.25) is 9.59 Å². The predicted octanol–water partition coefficient (Wildman–Crippen LogP) is 3.58. The zero-order valence-electron chi connectivity index (χ0n) is 17.1. The topological polar surface area (TPSA) is 80.7 Å². The molecule has 0 unspecified atom stereocenters. The second-order valence-corrected chi connectivity index (χ2v) is 10.2. The van der Waals surface area contributed by atoms with Crippen LogP contribution in [0.25, 0.3) is 0 Å². The minimum absolute atomic E-state index is 0.0114. The molecular formula is C23H29ClO5. The van der Waals surface area contributed by atoms with Crippen LogP contribution in [0.4, 0.5) is 0 Å². The number of carbonyl (C=O) groups excluding carboxylic acids is 3. The number of hydrogen-bond donors (Lipinski definition) is 1. The molecule has 0 aromatic rings. The average molecular weight is 421 g/mol. The minimum Gasteiger partial charge on any atom is -0.456 e. The number of aliphatic hydroxyl groups excluding tert-OH is 1. The van der Waals surface area contributed by atoms with Gasteiger partial charge in [-0.2, -0.15) is 0 Å². The molecular weight excluding hydrogens is 392 g/mol. The third-order valence-corrected chi connectivity index (χ3v) is 8.60. The van der Waals surface area contributed by atoms with Crippen LogP contribution in [0.1, 0.15) is 52.4 Å².